The molecule has 0 bridgehead atoms. The Bertz CT molecular complexity index is 1250. The zero-order valence-corrected chi connectivity index (χ0v) is 19.4. The minimum atomic E-state index is -0.0895. The lowest BCUT2D eigenvalue weighted by Gasteiger charge is -2.46. The molecule has 0 amide bonds. The molecule has 6 heteroatoms. The summed E-state index contributed by atoms with van der Waals surface area (Å²) >= 11 is 2.04. The van der Waals surface area contributed by atoms with Crippen LogP contribution in [0.4, 0.5) is 17.1 Å². The number of para-hydroxylation sites is 1. The van der Waals surface area contributed by atoms with E-state index in [9.17, 15) is 0 Å². The molecular weight excluding hydrogens is 428 g/mol. The third kappa shape index (κ3) is 4.15. The number of thioether (sulfide) groups is 1. The number of nitrogens with one attached hydrogen (secondary N) is 2. The van der Waals surface area contributed by atoms with Gasteiger partial charge in [0.1, 0.15) is 11.4 Å². The molecule has 2 aromatic carbocycles. The van der Waals surface area contributed by atoms with Gasteiger partial charge in [0, 0.05) is 53.5 Å². The van der Waals surface area contributed by atoms with E-state index in [-0.39, 0.29) is 5.60 Å². The van der Waals surface area contributed by atoms with Crippen LogP contribution in [0.1, 0.15) is 18.4 Å². The lowest BCUT2D eigenvalue weighted by Crippen LogP contribution is -2.53. The van der Waals surface area contributed by atoms with Gasteiger partial charge >= 0.3 is 0 Å². The van der Waals surface area contributed by atoms with Crippen LogP contribution in [0.3, 0.4) is 0 Å². The SMILES string of the molecule is c1ccc2c(CCN3CC4(CCSCC4)Oc4cc(Nc5ccncc5)ccc43)c[nH]c2c1. The number of ether oxygens (including phenoxy) is 1. The molecule has 4 heterocycles. The van der Waals surface area contributed by atoms with Crippen molar-refractivity contribution >= 4 is 39.7 Å². The minimum absolute atomic E-state index is 0.0895. The highest BCUT2D eigenvalue weighted by molar-refractivity contribution is 7.99. The lowest BCUT2D eigenvalue weighted by molar-refractivity contribution is 0.0573. The largest absolute Gasteiger partial charge is 0.483 e. The molecule has 168 valence electrons. The van der Waals surface area contributed by atoms with E-state index in [4.69, 9.17) is 4.74 Å². The van der Waals surface area contributed by atoms with Gasteiger partial charge in [-0.05, 0) is 66.7 Å². The average Bonchev–Trinajstić information content (AvgIpc) is 3.26. The topological polar surface area (TPSA) is 53.2 Å². The van der Waals surface area contributed by atoms with E-state index < -0.39 is 0 Å². The van der Waals surface area contributed by atoms with Crippen LogP contribution < -0.4 is 15.0 Å². The molecule has 0 atom stereocenters. The molecule has 0 unspecified atom stereocenters. The summed E-state index contributed by atoms with van der Waals surface area (Å²) in [7, 11) is 0. The van der Waals surface area contributed by atoms with Crippen molar-refractivity contribution in [1.29, 1.82) is 0 Å². The number of nitrogens with zero attached hydrogens (tertiary/aromatic N) is 2. The maximum absolute atomic E-state index is 6.76. The van der Waals surface area contributed by atoms with Crippen LogP contribution in [0.15, 0.2) is 73.2 Å². The van der Waals surface area contributed by atoms with Crippen molar-refractivity contribution in [3.63, 3.8) is 0 Å². The van der Waals surface area contributed by atoms with Crippen LogP contribution in [0.2, 0.25) is 0 Å². The molecule has 0 aliphatic carbocycles. The van der Waals surface area contributed by atoms with Crippen molar-refractivity contribution in [3.05, 3.63) is 78.8 Å². The van der Waals surface area contributed by atoms with Gasteiger partial charge in [-0.15, -0.1) is 0 Å². The fraction of sp³-hybridized carbons (Fsp3) is 0.296. The van der Waals surface area contributed by atoms with Crippen molar-refractivity contribution in [2.75, 3.05) is 34.8 Å². The van der Waals surface area contributed by atoms with Gasteiger partial charge < -0.3 is 19.9 Å². The molecule has 0 radical (unpaired) electrons. The molecule has 2 aliphatic rings. The Morgan fingerprint density at radius 3 is 2.76 bits per heavy atom. The second kappa shape index (κ2) is 8.67. The number of fused-ring (bicyclic) bond motifs is 2. The zero-order valence-electron chi connectivity index (χ0n) is 18.6. The molecule has 2 aromatic heterocycles. The van der Waals surface area contributed by atoms with E-state index in [0.717, 1.165) is 49.5 Å². The first-order chi connectivity index (χ1) is 16.3. The van der Waals surface area contributed by atoms with E-state index in [1.54, 1.807) is 12.4 Å². The van der Waals surface area contributed by atoms with Crippen LogP contribution in [-0.2, 0) is 6.42 Å². The molecule has 2 aliphatic heterocycles. The van der Waals surface area contributed by atoms with Crippen molar-refractivity contribution in [1.82, 2.24) is 9.97 Å². The molecule has 1 spiro atoms. The Hall–Kier alpha value is -3.12. The van der Waals surface area contributed by atoms with Crippen molar-refractivity contribution in [2.45, 2.75) is 24.9 Å². The first-order valence-electron chi connectivity index (χ1n) is 11.7. The second-order valence-corrected chi connectivity index (χ2v) is 10.2. The van der Waals surface area contributed by atoms with Crippen LogP contribution >= 0.6 is 11.8 Å². The normalized spacial score (nSPS) is 17.0. The number of pyridine rings is 1. The van der Waals surface area contributed by atoms with Gasteiger partial charge in [-0.3, -0.25) is 4.98 Å². The van der Waals surface area contributed by atoms with E-state index in [2.05, 4.69) is 68.8 Å². The van der Waals surface area contributed by atoms with Crippen LogP contribution in [-0.4, -0.2) is 40.2 Å². The van der Waals surface area contributed by atoms with E-state index in [1.165, 1.54) is 33.7 Å². The Balaban J connectivity index is 1.29. The Morgan fingerprint density at radius 2 is 1.88 bits per heavy atom. The summed E-state index contributed by atoms with van der Waals surface area (Å²) in [5.74, 6) is 3.33. The fourth-order valence-corrected chi connectivity index (χ4v) is 6.27. The van der Waals surface area contributed by atoms with Crippen molar-refractivity contribution in [3.8, 4) is 5.75 Å². The molecule has 1 saturated heterocycles. The number of rotatable bonds is 5. The molecule has 0 saturated carbocycles. The predicted molar refractivity (Wildman–Crippen MR) is 138 cm³/mol. The molecule has 33 heavy (non-hydrogen) atoms. The molecule has 4 aromatic rings. The van der Waals surface area contributed by atoms with E-state index in [1.807, 2.05) is 23.9 Å². The molecule has 2 N–H and O–H groups in total. The number of benzene rings is 2. The Morgan fingerprint density at radius 1 is 1.03 bits per heavy atom. The van der Waals surface area contributed by atoms with Gasteiger partial charge in [-0.25, -0.2) is 0 Å². The summed E-state index contributed by atoms with van der Waals surface area (Å²) in [4.78, 5) is 10.1. The minimum Gasteiger partial charge on any atom is -0.483 e. The predicted octanol–water partition coefficient (Wildman–Crippen LogP) is 6.01. The highest BCUT2D eigenvalue weighted by atomic mass is 32.2. The van der Waals surface area contributed by atoms with Gasteiger partial charge in [0.2, 0.25) is 0 Å². The van der Waals surface area contributed by atoms with Crippen LogP contribution in [0.5, 0.6) is 5.75 Å². The number of H-pyrrole nitrogens is 1. The molecule has 6 rings (SSSR count). The molecular formula is C27H28N4OS. The summed E-state index contributed by atoms with van der Waals surface area (Å²) < 4.78 is 6.76. The first kappa shape index (κ1) is 20.5. The summed E-state index contributed by atoms with van der Waals surface area (Å²) in [6.07, 6.45) is 8.98. The third-order valence-corrected chi connectivity index (χ3v) is 7.79. The van der Waals surface area contributed by atoms with Crippen LogP contribution in [0, 0.1) is 0 Å². The maximum atomic E-state index is 6.76. The lowest BCUT2D eigenvalue weighted by atomic mass is 9.93. The smallest absolute Gasteiger partial charge is 0.145 e. The summed E-state index contributed by atoms with van der Waals surface area (Å²) in [6.45, 7) is 1.93. The standard InChI is InChI=1S/C27H28N4OS/c1-2-4-24-23(3-1)20(18-29-24)9-14-31-19-27(10-15-33-16-11-27)32-26-17-22(5-6-25(26)31)30-21-7-12-28-13-8-21/h1-8,12-13,17-18,29H,9-11,14-16,19H2,(H,28,30). The second-order valence-electron chi connectivity index (χ2n) is 8.97. The average molecular weight is 457 g/mol. The first-order valence-corrected chi connectivity index (χ1v) is 12.8. The monoisotopic (exact) mass is 456 g/mol. The fourth-order valence-electron chi connectivity index (χ4n) is 5.03. The van der Waals surface area contributed by atoms with E-state index in [0.29, 0.717) is 0 Å². The van der Waals surface area contributed by atoms with Gasteiger partial charge in [-0.2, -0.15) is 11.8 Å². The molecule has 5 nitrogen and oxygen atoms in total. The summed E-state index contributed by atoms with van der Waals surface area (Å²) in [6, 6.07) is 19.0. The van der Waals surface area contributed by atoms with Gasteiger partial charge in [0.05, 0.1) is 12.2 Å². The quantitative estimate of drug-likeness (QED) is 0.385. The zero-order chi connectivity index (χ0) is 22.1. The maximum Gasteiger partial charge on any atom is 0.145 e. The number of aromatic nitrogens is 2. The Labute approximate surface area is 198 Å². The summed E-state index contributed by atoms with van der Waals surface area (Å²) in [5, 5.41) is 4.81. The number of aromatic amines is 1. The number of anilines is 3. The van der Waals surface area contributed by atoms with Crippen molar-refractivity contribution in [2.24, 2.45) is 0 Å². The van der Waals surface area contributed by atoms with Gasteiger partial charge in [0.25, 0.3) is 0 Å². The number of hydrogen-bond acceptors (Lipinski definition) is 5. The van der Waals surface area contributed by atoms with Gasteiger partial charge in [0.15, 0.2) is 0 Å². The van der Waals surface area contributed by atoms with Crippen molar-refractivity contribution < 1.29 is 4.74 Å². The Kier molecular flexibility index (Phi) is 5.38. The highest BCUT2D eigenvalue weighted by Gasteiger charge is 2.41. The number of hydrogen-bond donors (Lipinski definition) is 2. The van der Waals surface area contributed by atoms with Crippen LogP contribution in [0.25, 0.3) is 10.9 Å². The highest BCUT2D eigenvalue weighted by Crippen LogP contribution is 2.44. The summed E-state index contributed by atoms with van der Waals surface area (Å²) in [5.41, 5.74) is 5.76. The third-order valence-electron chi connectivity index (χ3n) is 6.80. The molecule has 1 fully saturated rings. The van der Waals surface area contributed by atoms with E-state index >= 15 is 0 Å². The van der Waals surface area contributed by atoms with Gasteiger partial charge in [-0.1, -0.05) is 18.2 Å².